The summed E-state index contributed by atoms with van der Waals surface area (Å²) in [6.45, 7) is 4.90. The maximum atomic E-state index is 12.5. The Morgan fingerprint density at radius 2 is 1.95 bits per heavy atom. The first-order chi connectivity index (χ1) is 10.7. The fourth-order valence-electron chi connectivity index (χ4n) is 3.04. The van der Waals surface area contributed by atoms with Crippen LogP contribution < -0.4 is 5.32 Å². The molecule has 0 aliphatic carbocycles. The summed E-state index contributed by atoms with van der Waals surface area (Å²) in [5.74, 6) is 0.870. The van der Waals surface area contributed by atoms with Crippen molar-refractivity contribution in [1.82, 2.24) is 14.9 Å². The number of hydrogen-bond donors (Lipinski definition) is 1. The summed E-state index contributed by atoms with van der Waals surface area (Å²) in [4.78, 5) is 17.2. The standard InChI is InChI=1S/C18H23N3O/c1-13(2)19-18(22)16-15-11-7-4-8-12-21(15)17(20-16)14-9-5-3-6-10-14/h3,5-6,9-10,13H,4,7-8,11-12H2,1-2H3,(H,19,22). The number of benzene rings is 1. The van der Waals surface area contributed by atoms with E-state index in [0.29, 0.717) is 5.69 Å². The van der Waals surface area contributed by atoms with E-state index in [1.54, 1.807) is 0 Å². The van der Waals surface area contributed by atoms with Crippen molar-refractivity contribution in [3.05, 3.63) is 41.7 Å². The van der Waals surface area contributed by atoms with E-state index >= 15 is 0 Å². The SMILES string of the molecule is CC(C)NC(=O)c1nc(-c2ccccc2)n2c1CCCCC2. The summed E-state index contributed by atoms with van der Waals surface area (Å²) in [6.07, 6.45) is 4.41. The molecule has 4 nitrogen and oxygen atoms in total. The number of nitrogens with one attached hydrogen (secondary N) is 1. The monoisotopic (exact) mass is 297 g/mol. The molecule has 1 aromatic heterocycles. The van der Waals surface area contributed by atoms with Crippen molar-refractivity contribution in [3.8, 4) is 11.4 Å². The van der Waals surface area contributed by atoms with Gasteiger partial charge in [0.2, 0.25) is 0 Å². The van der Waals surface area contributed by atoms with Gasteiger partial charge in [0.1, 0.15) is 11.5 Å². The van der Waals surface area contributed by atoms with Gasteiger partial charge in [-0.1, -0.05) is 36.8 Å². The van der Waals surface area contributed by atoms with Gasteiger partial charge in [-0.15, -0.1) is 0 Å². The molecule has 22 heavy (non-hydrogen) atoms. The van der Waals surface area contributed by atoms with Crippen molar-refractivity contribution in [2.75, 3.05) is 0 Å². The Kier molecular flexibility index (Phi) is 4.27. The Morgan fingerprint density at radius 3 is 2.68 bits per heavy atom. The molecule has 2 aromatic rings. The Hall–Kier alpha value is -2.10. The van der Waals surface area contributed by atoms with Crippen LogP contribution in [0, 0.1) is 0 Å². The fourth-order valence-corrected chi connectivity index (χ4v) is 3.04. The zero-order chi connectivity index (χ0) is 15.5. The molecule has 1 aromatic carbocycles. The molecule has 1 aliphatic heterocycles. The number of hydrogen-bond acceptors (Lipinski definition) is 2. The first-order valence-corrected chi connectivity index (χ1v) is 8.12. The zero-order valence-electron chi connectivity index (χ0n) is 13.3. The predicted molar refractivity (Wildman–Crippen MR) is 87.8 cm³/mol. The van der Waals surface area contributed by atoms with Gasteiger partial charge in [0.15, 0.2) is 0 Å². The van der Waals surface area contributed by atoms with Crippen LogP contribution in [0.5, 0.6) is 0 Å². The van der Waals surface area contributed by atoms with E-state index in [2.05, 4.69) is 22.0 Å². The second-order valence-electron chi connectivity index (χ2n) is 6.19. The van der Waals surface area contributed by atoms with Gasteiger partial charge in [-0.3, -0.25) is 4.79 Å². The lowest BCUT2D eigenvalue weighted by Gasteiger charge is -2.09. The van der Waals surface area contributed by atoms with E-state index in [4.69, 9.17) is 4.98 Å². The highest BCUT2D eigenvalue weighted by molar-refractivity contribution is 5.94. The Balaban J connectivity index is 2.08. The number of fused-ring (bicyclic) bond motifs is 1. The van der Waals surface area contributed by atoms with E-state index in [1.165, 1.54) is 6.42 Å². The smallest absolute Gasteiger partial charge is 0.271 e. The zero-order valence-corrected chi connectivity index (χ0v) is 13.3. The van der Waals surface area contributed by atoms with Gasteiger partial charge in [0.05, 0.1) is 5.69 Å². The number of carbonyl (C=O) groups excluding carboxylic acids is 1. The molecule has 0 spiro atoms. The van der Waals surface area contributed by atoms with Crippen LogP contribution in [0.4, 0.5) is 0 Å². The molecule has 0 saturated heterocycles. The lowest BCUT2D eigenvalue weighted by Crippen LogP contribution is -2.31. The molecule has 0 radical (unpaired) electrons. The number of rotatable bonds is 3. The summed E-state index contributed by atoms with van der Waals surface area (Å²) in [5.41, 5.74) is 2.78. The highest BCUT2D eigenvalue weighted by Gasteiger charge is 2.24. The van der Waals surface area contributed by atoms with Crippen molar-refractivity contribution >= 4 is 5.91 Å². The molecule has 4 heteroatoms. The van der Waals surface area contributed by atoms with E-state index in [-0.39, 0.29) is 11.9 Å². The second kappa shape index (κ2) is 6.34. The highest BCUT2D eigenvalue weighted by atomic mass is 16.2. The largest absolute Gasteiger partial charge is 0.348 e. The molecule has 1 aliphatic rings. The molecule has 2 heterocycles. The summed E-state index contributed by atoms with van der Waals surface area (Å²) >= 11 is 0. The average Bonchev–Trinajstić information content (AvgIpc) is 2.69. The predicted octanol–water partition coefficient (Wildman–Crippen LogP) is 3.41. The number of amides is 1. The number of aromatic nitrogens is 2. The fraction of sp³-hybridized carbons (Fsp3) is 0.444. The summed E-state index contributed by atoms with van der Waals surface area (Å²) in [6, 6.07) is 10.3. The van der Waals surface area contributed by atoms with E-state index in [9.17, 15) is 4.79 Å². The third-order valence-electron chi connectivity index (χ3n) is 4.03. The van der Waals surface area contributed by atoms with Crippen LogP contribution in [0.25, 0.3) is 11.4 Å². The molecular weight excluding hydrogens is 274 g/mol. The van der Waals surface area contributed by atoms with Crippen LogP contribution in [-0.2, 0) is 13.0 Å². The lowest BCUT2D eigenvalue weighted by molar-refractivity contribution is 0.0937. The second-order valence-corrected chi connectivity index (χ2v) is 6.19. The molecule has 116 valence electrons. The third-order valence-corrected chi connectivity index (χ3v) is 4.03. The van der Waals surface area contributed by atoms with Crippen molar-refractivity contribution in [3.63, 3.8) is 0 Å². The van der Waals surface area contributed by atoms with Crippen LogP contribution in [-0.4, -0.2) is 21.5 Å². The van der Waals surface area contributed by atoms with E-state index in [0.717, 1.165) is 42.9 Å². The maximum Gasteiger partial charge on any atom is 0.271 e. The Labute approximate surface area is 131 Å². The van der Waals surface area contributed by atoms with Gasteiger partial charge < -0.3 is 9.88 Å². The van der Waals surface area contributed by atoms with Crippen LogP contribution >= 0.6 is 0 Å². The molecule has 1 N–H and O–H groups in total. The van der Waals surface area contributed by atoms with Crippen LogP contribution in [0.3, 0.4) is 0 Å². The van der Waals surface area contributed by atoms with Gasteiger partial charge in [0, 0.05) is 18.2 Å². The van der Waals surface area contributed by atoms with Crippen molar-refractivity contribution in [2.24, 2.45) is 0 Å². The first-order valence-electron chi connectivity index (χ1n) is 8.12. The third kappa shape index (κ3) is 2.91. The summed E-state index contributed by atoms with van der Waals surface area (Å²) in [5, 5.41) is 2.98. The Morgan fingerprint density at radius 1 is 1.18 bits per heavy atom. The van der Waals surface area contributed by atoms with Gasteiger partial charge >= 0.3 is 0 Å². The first kappa shape index (κ1) is 14.8. The minimum absolute atomic E-state index is 0.0529. The Bertz CT molecular complexity index is 658. The van der Waals surface area contributed by atoms with Gasteiger partial charge in [-0.25, -0.2) is 4.98 Å². The minimum Gasteiger partial charge on any atom is -0.348 e. The molecule has 0 bridgehead atoms. The van der Waals surface area contributed by atoms with Crippen molar-refractivity contribution in [2.45, 2.75) is 52.1 Å². The lowest BCUT2D eigenvalue weighted by atomic mass is 10.1. The van der Waals surface area contributed by atoms with E-state index < -0.39 is 0 Å². The molecule has 1 amide bonds. The minimum atomic E-state index is -0.0529. The number of nitrogens with zero attached hydrogens (tertiary/aromatic N) is 2. The van der Waals surface area contributed by atoms with Crippen molar-refractivity contribution < 1.29 is 4.79 Å². The van der Waals surface area contributed by atoms with E-state index in [1.807, 2.05) is 32.0 Å². The molecular formula is C18H23N3O. The normalized spacial score (nSPS) is 14.5. The van der Waals surface area contributed by atoms with Crippen LogP contribution in [0.1, 0.15) is 49.3 Å². The number of imidazole rings is 1. The van der Waals surface area contributed by atoms with Gasteiger partial charge in [0.25, 0.3) is 5.91 Å². The summed E-state index contributed by atoms with van der Waals surface area (Å²) in [7, 11) is 0. The molecule has 0 saturated carbocycles. The van der Waals surface area contributed by atoms with Crippen LogP contribution in [0.15, 0.2) is 30.3 Å². The summed E-state index contributed by atoms with van der Waals surface area (Å²) < 4.78 is 2.25. The van der Waals surface area contributed by atoms with Crippen LogP contribution in [0.2, 0.25) is 0 Å². The molecule has 0 atom stereocenters. The number of carbonyl (C=O) groups is 1. The molecule has 0 unspecified atom stereocenters. The van der Waals surface area contributed by atoms with Gasteiger partial charge in [-0.05, 0) is 33.1 Å². The van der Waals surface area contributed by atoms with Crippen molar-refractivity contribution in [1.29, 1.82) is 0 Å². The molecule has 3 rings (SSSR count). The quantitative estimate of drug-likeness (QED) is 0.943. The molecule has 0 fully saturated rings. The average molecular weight is 297 g/mol. The topological polar surface area (TPSA) is 46.9 Å². The maximum absolute atomic E-state index is 12.5. The van der Waals surface area contributed by atoms with Gasteiger partial charge in [-0.2, -0.15) is 0 Å². The highest BCUT2D eigenvalue weighted by Crippen LogP contribution is 2.27.